The van der Waals surface area contributed by atoms with E-state index in [1.165, 1.54) is 5.56 Å². The molecule has 110 valence electrons. The highest BCUT2D eigenvalue weighted by Crippen LogP contribution is 2.13. The Morgan fingerprint density at radius 1 is 1.05 bits per heavy atom. The largest absolute Gasteiger partial charge is 0.457 e. The molecule has 3 nitrogen and oxygen atoms in total. The molecule has 3 heteroatoms. The molecule has 0 aliphatic heterocycles. The molecule has 0 heterocycles. The van der Waals surface area contributed by atoms with Crippen molar-refractivity contribution >= 4 is 5.97 Å². The number of ether oxygens (including phenoxy) is 1. The van der Waals surface area contributed by atoms with Gasteiger partial charge in [-0.05, 0) is 44.3 Å². The fourth-order valence-electron chi connectivity index (χ4n) is 2.19. The summed E-state index contributed by atoms with van der Waals surface area (Å²) in [5, 5.41) is 0. The van der Waals surface area contributed by atoms with Crippen LogP contribution in [0.2, 0.25) is 0 Å². The zero-order chi connectivity index (χ0) is 15.2. The Labute approximate surface area is 126 Å². The number of hydrogen-bond acceptors (Lipinski definition) is 3. The first-order chi connectivity index (χ1) is 10.1. The van der Waals surface area contributed by atoms with E-state index in [9.17, 15) is 4.79 Å². The molecule has 21 heavy (non-hydrogen) atoms. The highest BCUT2D eigenvalue weighted by atomic mass is 16.5. The molecule has 0 N–H and O–H groups in total. The Hall–Kier alpha value is -2.13. The van der Waals surface area contributed by atoms with E-state index in [1.54, 1.807) is 6.07 Å². The lowest BCUT2D eigenvalue weighted by Crippen LogP contribution is -2.13. The normalized spacial score (nSPS) is 10.7. The van der Waals surface area contributed by atoms with E-state index in [0.29, 0.717) is 12.2 Å². The van der Waals surface area contributed by atoms with Crippen molar-refractivity contribution in [2.75, 3.05) is 14.1 Å². The Bertz CT molecular complexity index is 620. The Morgan fingerprint density at radius 3 is 2.43 bits per heavy atom. The summed E-state index contributed by atoms with van der Waals surface area (Å²) >= 11 is 0. The first kappa shape index (κ1) is 15.3. The minimum absolute atomic E-state index is 0.279. The smallest absolute Gasteiger partial charge is 0.338 e. The van der Waals surface area contributed by atoms with Gasteiger partial charge in [-0.1, -0.05) is 42.0 Å². The van der Waals surface area contributed by atoms with Gasteiger partial charge in [-0.3, -0.25) is 0 Å². The molecule has 0 unspecified atom stereocenters. The molecule has 0 aliphatic carbocycles. The number of carbonyl (C=O) groups excluding carboxylic acids is 1. The van der Waals surface area contributed by atoms with Gasteiger partial charge in [0.25, 0.3) is 0 Å². The summed E-state index contributed by atoms with van der Waals surface area (Å²) in [6.07, 6.45) is 0. The standard InChI is InChI=1S/C18H21NO2/c1-14-7-6-10-15(11-14)18(20)21-13-17-9-5-4-8-16(17)12-19(2)3/h4-11H,12-13H2,1-3H3. The van der Waals surface area contributed by atoms with Crippen LogP contribution in [-0.2, 0) is 17.9 Å². The third-order valence-corrected chi connectivity index (χ3v) is 3.22. The van der Waals surface area contributed by atoms with Gasteiger partial charge in [-0.15, -0.1) is 0 Å². The molecule has 0 radical (unpaired) electrons. The molecule has 0 bridgehead atoms. The first-order valence-electron chi connectivity index (χ1n) is 7.01. The number of benzene rings is 2. The lowest BCUT2D eigenvalue weighted by atomic mass is 10.1. The van der Waals surface area contributed by atoms with E-state index >= 15 is 0 Å². The molecular weight excluding hydrogens is 262 g/mol. The zero-order valence-corrected chi connectivity index (χ0v) is 12.8. The molecule has 0 amide bonds. The van der Waals surface area contributed by atoms with Gasteiger partial charge in [0.05, 0.1) is 5.56 Å². The number of carbonyl (C=O) groups is 1. The summed E-state index contributed by atoms with van der Waals surface area (Å²) in [5.74, 6) is -0.279. The fraction of sp³-hybridized carbons (Fsp3) is 0.278. The van der Waals surface area contributed by atoms with E-state index in [4.69, 9.17) is 4.74 Å². The average Bonchev–Trinajstić information content (AvgIpc) is 2.45. The zero-order valence-electron chi connectivity index (χ0n) is 12.8. The van der Waals surface area contributed by atoms with E-state index in [2.05, 4.69) is 11.0 Å². The maximum atomic E-state index is 12.1. The lowest BCUT2D eigenvalue weighted by molar-refractivity contribution is 0.0471. The van der Waals surface area contributed by atoms with Gasteiger partial charge in [0.1, 0.15) is 6.61 Å². The van der Waals surface area contributed by atoms with Gasteiger partial charge in [0.2, 0.25) is 0 Å². The maximum Gasteiger partial charge on any atom is 0.338 e. The van der Waals surface area contributed by atoms with Crippen LogP contribution in [0.25, 0.3) is 0 Å². The lowest BCUT2D eigenvalue weighted by Gasteiger charge is -2.14. The molecule has 0 fully saturated rings. The number of esters is 1. The molecule has 2 aromatic carbocycles. The van der Waals surface area contributed by atoms with Crippen LogP contribution >= 0.6 is 0 Å². The van der Waals surface area contributed by atoms with Crippen molar-refractivity contribution in [3.63, 3.8) is 0 Å². The van der Waals surface area contributed by atoms with Gasteiger partial charge < -0.3 is 9.64 Å². The summed E-state index contributed by atoms with van der Waals surface area (Å²) < 4.78 is 5.43. The topological polar surface area (TPSA) is 29.5 Å². The van der Waals surface area contributed by atoms with Gasteiger partial charge in [0, 0.05) is 6.54 Å². The van der Waals surface area contributed by atoms with Crippen LogP contribution < -0.4 is 0 Å². The summed E-state index contributed by atoms with van der Waals surface area (Å²) in [5.41, 5.74) is 3.88. The van der Waals surface area contributed by atoms with E-state index in [0.717, 1.165) is 17.7 Å². The van der Waals surface area contributed by atoms with Crippen molar-refractivity contribution in [1.82, 2.24) is 4.90 Å². The van der Waals surface area contributed by atoms with Crippen LogP contribution in [0.4, 0.5) is 0 Å². The highest BCUT2D eigenvalue weighted by Gasteiger charge is 2.09. The van der Waals surface area contributed by atoms with Gasteiger partial charge in [-0.2, -0.15) is 0 Å². The molecular formula is C18H21NO2. The second-order valence-corrected chi connectivity index (χ2v) is 5.45. The SMILES string of the molecule is Cc1cccc(C(=O)OCc2ccccc2CN(C)C)c1. The Morgan fingerprint density at radius 2 is 1.76 bits per heavy atom. The number of nitrogens with zero attached hydrogens (tertiary/aromatic N) is 1. The molecule has 0 saturated heterocycles. The van der Waals surface area contributed by atoms with Crippen molar-refractivity contribution in [3.05, 3.63) is 70.8 Å². The highest BCUT2D eigenvalue weighted by molar-refractivity contribution is 5.89. The molecule has 2 aromatic rings. The van der Waals surface area contributed by atoms with Crippen LogP contribution in [-0.4, -0.2) is 25.0 Å². The van der Waals surface area contributed by atoms with E-state index < -0.39 is 0 Å². The predicted octanol–water partition coefficient (Wildman–Crippen LogP) is 3.41. The third kappa shape index (κ3) is 4.43. The van der Waals surface area contributed by atoms with Gasteiger partial charge in [-0.25, -0.2) is 4.79 Å². The maximum absolute atomic E-state index is 12.1. The van der Waals surface area contributed by atoms with Gasteiger partial charge in [0.15, 0.2) is 0 Å². The number of rotatable bonds is 5. The van der Waals surface area contributed by atoms with E-state index in [1.807, 2.05) is 57.4 Å². The number of aryl methyl sites for hydroxylation is 1. The second-order valence-electron chi connectivity index (χ2n) is 5.45. The minimum Gasteiger partial charge on any atom is -0.457 e. The van der Waals surface area contributed by atoms with Crippen molar-refractivity contribution < 1.29 is 9.53 Å². The monoisotopic (exact) mass is 283 g/mol. The third-order valence-electron chi connectivity index (χ3n) is 3.22. The summed E-state index contributed by atoms with van der Waals surface area (Å²) in [4.78, 5) is 14.2. The van der Waals surface area contributed by atoms with E-state index in [-0.39, 0.29) is 5.97 Å². The Kier molecular flexibility index (Phi) is 5.12. The first-order valence-corrected chi connectivity index (χ1v) is 7.01. The van der Waals surface area contributed by atoms with Crippen LogP contribution in [0.3, 0.4) is 0 Å². The van der Waals surface area contributed by atoms with Crippen molar-refractivity contribution in [2.45, 2.75) is 20.1 Å². The molecule has 2 rings (SSSR count). The molecule has 0 saturated carbocycles. The van der Waals surface area contributed by atoms with Crippen LogP contribution in [0.15, 0.2) is 48.5 Å². The van der Waals surface area contributed by atoms with Crippen LogP contribution in [0, 0.1) is 6.92 Å². The summed E-state index contributed by atoms with van der Waals surface area (Å²) in [6, 6.07) is 15.5. The summed E-state index contributed by atoms with van der Waals surface area (Å²) in [6.45, 7) is 3.10. The molecule has 0 spiro atoms. The van der Waals surface area contributed by atoms with Crippen molar-refractivity contribution in [2.24, 2.45) is 0 Å². The van der Waals surface area contributed by atoms with Crippen LogP contribution in [0.1, 0.15) is 27.0 Å². The summed E-state index contributed by atoms with van der Waals surface area (Å²) in [7, 11) is 4.05. The minimum atomic E-state index is -0.279. The molecule has 0 aliphatic rings. The van der Waals surface area contributed by atoms with Crippen LogP contribution in [0.5, 0.6) is 0 Å². The average molecular weight is 283 g/mol. The quantitative estimate of drug-likeness (QED) is 0.788. The fourth-order valence-corrected chi connectivity index (χ4v) is 2.19. The van der Waals surface area contributed by atoms with Crippen molar-refractivity contribution in [1.29, 1.82) is 0 Å². The predicted molar refractivity (Wildman–Crippen MR) is 84.1 cm³/mol. The molecule has 0 atom stereocenters. The number of hydrogen-bond donors (Lipinski definition) is 0. The molecule has 0 aromatic heterocycles. The van der Waals surface area contributed by atoms with Gasteiger partial charge >= 0.3 is 5.97 Å². The Balaban J connectivity index is 2.04. The van der Waals surface area contributed by atoms with Crippen molar-refractivity contribution in [3.8, 4) is 0 Å². The second kappa shape index (κ2) is 7.04.